The highest BCUT2D eigenvalue weighted by Gasteiger charge is 2.14. The van der Waals surface area contributed by atoms with Crippen LogP contribution in [0, 0.1) is 5.41 Å². The summed E-state index contributed by atoms with van der Waals surface area (Å²) in [7, 11) is 0. The second-order valence-corrected chi connectivity index (χ2v) is 4.32. The Morgan fingerprint density at radius 3 is 2.59 bits per heavy atom. The Hall–Kier alpha value is -1.22. The highest BCUT2D eigenvalue weighted by Crippen LogP contribution is 2.23. The SMILES string of the molecule is Cl.N=C(N)c1cccc(OC2CCCCC2)c1. The number of halogens is 1. The van der Waals surface area contributed by atoms with Crippen molar-refractivity contribution in [2.24, 2.45) is 5.73 Å². The zero-order chi connectivity index (χ0) is 11.4. The Labute approximate surface area is 108 Å². The van der Waals surface area contributed by atoms with Crippen molar-refractivity contribution in [2.45, 2.75) is 38.2 Å². The van der Waals surface area contributed by atoms with Gasteiger partial charge in [-0.15, -0.1) is 12.4 Å². The minimum atomic E-state index is 0. The maximum Gasteiger partial charge on any atom is 0.122 e. The summed E-state index contributed by atoms with van der Waals surface area (Å²) in [6, 6.07) is 7.49. The molecule has 0 saturated heterocycles. The molecule has 1 aliphatic carbocycles. The fourth-order valence-corrected chi connectivity index (χ4v) is 2.11. The van der Waals surface area contributed by atoms with Crippen LogP contribution in [0.15, 0.2) is 24.3 Å². The molecule has 1 aliphatic rings. The maximum absolute atomic E-state index is 7.37. The number of nitrogens with one attached hydrogen (secondary N) is 1. The first kappa shape index (κ1) is 13.8. The Kier molecular flexibility index (Phi) is 5.29. The van der Waals surface area contributed by atoms with Crippen LogP contribution in [0.25, 0.3) is 0 Å². The molecule has 17 heavy (non-hydrogen) atoms. The predicted molar refractivity (Wildman–Crippen MR) is 72.2 cm³/mol. The summed E-state index contributed by atoms with van der Waals surface area (Å²) < 4.78 is 5.89. The van der Waals surface area contributed by atoms with E-state index in [2.05, 4.69) is 0 Å². The lowest BCUT2D eigenvalue weighted by atomic mass is 9.98. The number of nitrogens with two attached hydrogens (primary N) is 1. The van der Waals surface area contributed by atoms with Gasteiger partial charge in [-0.2, -0.15) is 0 Å². The average molecular weight is 255 g/mol. The number of nitrogen functional groups attached to an aromatic ring is 1. The minimum Gasteiger partial charge on any atom is -0.490 e. The van der Waals surface area contributed by atoms with Crippen LogP contribution >= 0.6 is 12.4 Å². The Morgan fingerprint density at radius 2 is 1.94 bits per heavy atom. The molecule has 0 aliphatic heterocycles. The molecule has 0 amide bonds. The van der Waals surface area contributed by atoms with E-state index in [0.29, 0.717) is 6.10 Å². The topological polar surface area (TPSA) is 59.1 Å². The molecule has 0 unspecified atom stereocenters. The van der Waals surface area contributed by atoms with Gasteiger partial charge in [0, 0.05) is 5.56 Å². The number of rotatable bonds is 3. The van der Waals surface area contributed by atoms with Crippen molar-refractivity contribution >= 4 is 18.2 Å². The molecule has 0 bridgehead atoms. The molecule has 4 heteroatoms. The quantitative estimate of drug-likeness (QED) is 0.643. The van der Waals surface area contributed by atoms with E-state index < -0.39 is 0 Å². The molecule has 0 heterocycles. The van der Waals surface area contributed by atoms with Crippen molar-refractivity contribution in [2.75, 3.05) is 0 Å². The van der Waals surface area contributed by atoms with Gasteiger partial charge in [0.1, 0.15) is 11.6 Å². The Balaban J connectivity index is 0.00000144. The number of amidine groups is 1. The van der Waals surface area contributed by atoms with Crippen molar-refractivity contribution in [1.82, 2.24) is 0 Å². The second kappa shape index (κ2) is 6.50. The summed E-state index contributed by atoms with van der Waals surface area (Å²) in [5.74, 6) is 0.925. The van der Waals surface area contributed by atoms with Gasteiger partial charge in [0.25, 0.3) is 0 Å². The van der Waals surface area contributed by atoms with Gasteiger partial charge in [0.15, 0.2) is 0 Å². The lowest BCUT2D eigenvalue weighted by Crippen LogP contribution is -2.20. The van der Waals surface area contributed by atoms with E-state index in [4.69, 9.17) is 15.9 Å². The van der Waals surface area contributed by atoms with E-state index in [1.807, 2.05) is 24.3 Å². The Morgan fingerprint density at radius 1 is 1.24 bits per heavy atom. The summed E-state index contributed by atoms with van der Waals surface area (Å²) in [5, 5.41) is 7.37. The largest absolute Gasteiger partial charge is 0.490 e. The molecule has 94 valence electrons. The molecule has 0 radical (unpaired) electrons. The predicted octanol–water partition coefficient (Wildman–Crippen LogP) is 3.10. The second-order valence-electron chi connectivity index (χ2n) is 4.32. The van der Waals surface area contributed by atoms with Crippen LogP contribution in [0.3, 0.4) is 0 Å². The molecular formula is C13H19ClN2O. The molecule has 1 fully saturated rings. The maximum atomic E-state index is 7.37. The molecule has 1 aromatic carbocycles. The third-order valence-corrected chi connectivity index (χ3v) is 3.00. The van der Waals surface area contributed by atoms with Gasteiger partial charge >= 0.3 is 0 Å². The highest BCUT2D eigenvalue weighted by molar-refractivity contribution is 5.95. The van der Waals surface area contributed by atoms with Gasteiger partial charge in [0.05, 0.1) is 6.10 Å². The van der Waals surface area contributed by atoms with Gasteiger partial charge in [-0.05, 0) is 37.8 Å². The molecule has 0 spiro atoms. The first-order valence-corrected chi connectivity index (χ1v) is 5.87. The molecule has 3 N–H and O–H groups in total. The van der Waals surface area contributed by atoms with Crippen molar-refractivity contribution in [3.63, 3.8) is 0 Å². The molecular weight excluding hydrogens is 236 g/mol. The van der Waals surface area contributed by atoms with E-state index in [1.54, 1.807) is 0 Å². The first-order chi connectivity index (χ1) is 7.75. The van der Waals surface area contributed by atoms with E-state index in [9.17, 15) is 0 Å². The number of hydrogen-bond donors (Lipinski definition) is 2. The third-order valence-electron chi connectivity index (χ3n) is 3.00. The highest BCUT2D eigenvalue weighted by atomic mass is 35.5. The Bertz CT molecular complexity index is 375. The summed E-state index contributed by atoms with van der Waals surface area (Å²) in [5.41, 5.74) is 6.17. The lowest BCUT2D eigenvalue weighted by Gasteiger charge is -2.23. The third kappa shape index (κ3) is 3.93. The average Bonchev–Trinajstić information content (AvgIpc) is 2.30. The summed E-state index contributed by atoms with van der Waals surface area (Å²) >= 11 is 0. The smallest absolute Gasteiger partial charge is 0.122 e. The first-order valence-electron chi connectivity index (χ1n) is 5.87. The van der Waals surface area contributed by atoms with E-state index in [1.165, 1.54) is 19.3 Å². The monoisotopic (exact) mass is 254 g/mol. The van der Waals surface area contributed by atoms with E-state index >= 15 is 0 Å². The van der Waals surface area contributed by atoms with Gasteiger partial charge in [-0.1, -0.05) is 18.6 Å². The minimum absolute atomic E-state index is 0. The molecule has 0 aromatic heterocycles. The van der Waals surface area contributed by atoms with Crippen LogP contribution in [-0.4, -0.2) is 11.9 Å². The van der Waals surface area contributed by atoms with Gasteiger partial charge < -0.3 is 10.5 Å². The molecule has 1 saturated carbocycles. The normalized spacial score (nSPS) is 16.0. The molecule has 2 rings (SSSR count). The van der Waals surface area contributed by atoms with Crippen molar-refractivity contribution in [3.05, 3.63) is 29.8 Å². The van der Waals surface area contributed by atoms with Crippen LogP contribution in [0.1, 0.15) is 37.7 Å². The van der Waals surface area contributed by atoms with Gasteiger partial charge in [-0.3, -0.25) is 5.41 Å². The van der Waals surface area contributed by atoms with E-state index in [-0.39, 0.29) is 18.2 Å². The van der Waals surface area contributed by atoms with Gasteiger partial charge in [0.2, 0.25) is 0 Å². The summed E-state index contributed by atoms with van der Waals surface area (Å²) in [6.07, 6.45) is 6.48. The zero-order valence-electron chi connectivity index (χ0n) is 9.82. The van der Waals surface area contributed by atoms with Crippen molar-refractivity contribution < 1.29 is 4.74 Å². The van der Waals surface area contributed by atoms with Crippen molar-refractivity contribution in [3.8, 4) is 5.75 Å². The fraction of sp³-hybridized carbons (Fsp3) is 0.462. The van der Waals surface area contributed by atoms with Crippen LogP contribution < -0.4 is 10.5 Å². The zero-order valence-corrected chi connectivity index (χ0v) is 10.6. The summed E-state index contributed by atoms with van der Waals surface area (Å²) in [6.45, 7) is 0. The van der Waals surface area contributed by atoms with Crippen molar-refractivity contribution in [1.29, 1.82) is 5.41 Å². The standard InChI is InChI=1S/C13H18N2O.ClH/c14-13(15)10-5-4-8-12(9-10)16-11-6-2-1-3-7-11;/h4-5,8-9,11H,1-3,6-7H2,(H3,14,15);1H. The number of hydrogen-bond acceptors (Lipinski definition) is 2. The molecule has 0 atom stereocenters. The van der Waals surface area contributed by atoms with E-state index in [0.717, 1.165) is 24.2 Å². The van der Waals surface area contributed by atoms with Gasteiger partial charge in [-0.25, -0.2) is 0 Å². The lowest BCUT2D eigenvalue weighted by molar-refractivity contribution is 0.155. The van der Waals surface area contributed by atoms with Crippen LogP contribution in [-0.2, 0) is 0 Å². The van der Waals surface area contributed by atoms with Crippen LogP contribution in [0.4, 0.5) is 0 Å². The molecule has 1 aromatic rings. The van der Waals surface area contributed by atoms with Crippen LogP contribution in [0.5, 0.6) is 5.75 Å². The van der Waals surface area contributed by atoms with Crippen LogP contribution in [0.2, 0.25) is 0 Å². The summed E-state index contributed by atoms with van der Waals surface area (Å²) in [4.78, 5) is 0. The fourth-order valence-electron chi connectivity index (χ4n) is 2.11. The molecule has 3 nitrogen and oxygen atoms in total. The number of benzene rings is 1. The number of ether oxygens (including phenoxy) is 1.